The van der Waals surface area contributed by atoms with Gasteiger partial charge in [0.2, 0.25) is 0 Å². The molecule has 0 saturated carbocycles. The van der Waals surface area contributed by atoms with Crippen molar-refractivity contribution in [2.24, 2.45) is 0 Å². The summed E-state index contributed by atoms with van der Waals surface area (Å²) < 4.78 is 11.0. The Kier molecular flexibility index (Phi) is 6.32. The number of carbonyl (C=O) groups is 2. The number of ether oxygens (including phenoxy) is 2. The number of amides is 2. The van der Waals surface area contributed by atoms with Crippen LogP contribution in [0.2, 0.25) is 0 Å². The topological polar surface area (TPSA) is 76.7 Å². The van der Waals surface area contributed by atoms with Gasteiger partial charge < -0.3 is 20.1 Å². The van der Waals surface area contributed by atoms with Crippen LogP contribution in [-0.4, -0.2) is 25.7 Å². The molecule has 0 radical (unpaired) electrons. The Labute approximate surface area is 164 Å². The zero-order valence-electron chi connectivity index (χ0n) is 16.0. The van der Waals surface area contributed by atoms with Crippen LogP contribution in [0.25, 0.3) is 5.70 Å². The van der Waals surface area contributed by atoms with Gasteiger partial charge in [0.05, 0.1) is 31.0 Å². The minimum Gasteiger partial charge on any atom is -0.493 e. The number of para-hydroxylation sites is 1. The van der Waals surface area contributed by atoms with E-state index in [2.05, 4.69) is 17.6 Å². The summed E-state index contributed by atoms with van der Waals surface area (Å²) >= 11 is 0. The number of hydrogen-bond acceptors (Lipinski definition) is 4. The Hall–Kier alpha value is -3.28. The number of methoxy groups -OCH3 is 1. The van der Waals surface area contributed by atoms with Crippen molar-refractivity contribution in [3.05, 3.63) is 71.3 Å². The smallest absolute Gasteiger partial charge is 0.338 e. The summed E-state index contributed by atoms with van der Waals surface area (Å²) in [7, 11) is 1.33. The molecule has 6 nitrogen and oxygen atoms in total. The van der Waals surface area contributed by atoms with Gasteiger partial charge in [0, 0.05) is 5.56 Å². The number of carbonyl (C=O) groups excluding carboxylic acids is 2. The van der Waals surface area contributed by atoms with Crippen molar-refractivity contribution in [3.8, 4) is 5.75 Å². The lowest BCUT2D eigenvalue weighted by molar-refractivity contribution is -0.136. The van der Waals surface area contributed by atoms with E-state index in [1.54, 1.807) is 0 Å². The normalized spacial score (nSPS) is 16.2. The lowest BCUT2D eigenvalue weighted by Gasteiger charge is -2.30. The SMILES string of the molecule is CCCCOc1ccccc1C1NC(=O)NC(c2ccccc2)=C1C(=O)OC. The molecule has 0 bridgehead atoms. The second-order valence-electron chi connectivity index (χ2n) is 6.42. The molecule has 0 aliphatic carbocycles. The van der Waals surface area contributed by atoms with Crippen LogP contribution in [0.3, 0.4) is 0 Å². The van der Waals surface area contributed by atoms with Gasteiger partial charge in [-0.25, -0.2) is 9.59 Å². The van der Waals surface area contributed by atoms with Gasteiger partial charge in [-0.2, -0.15) is 0 Å². The molecule has 2 aromatic carbocycles. The lowest BCUT2D eigenvalue weighted by atomic mass is 9.92. The Bertz CT molecular complexity index is 877. The quantitative estimate of drug-likeness (QED) is 0.566. The first-order valence-electron chi connectivity index (χ1n) is 9.32. The molecule has 1 atom stereocenters. The maximum atomic E-state index is 12.7. The number of esters is 1. The Morgan fingerprint density at radius 2 is 1.79 bits per heavy atom. The van der Waals surface area contributed by atoms with E-state index >= 15 is 0 Å². The minimum atomic E-state index is -0.686. The van der Waals surface area contributed by atoms with E-state index < -0.39 is 12.0 Å². The number of urea groups is 1. The van der Waals surface area contributed by atoms with Gasteiger partial charge in [-0.05, 0) is 18.1 Å². The number of unbranched alkanes of at least 4 members (excludes halogenated alkanes) is 1. The highest BCUT2D eigenvalue weighted by Gasteiger charge is 2.35. The molecule has 1 aliphatic heterocycles. The molecule has 2 N–H and O–H groups in total. The molecular weight excluding hydrogens is 356 g/mol. The summed E-state index contributed by atoms with van der Waals surface area (Å²) in [6.07, 6.45) is 1.93. The van der Waals surface area contributed by atoms with Crippen LogP contribution in [0.4, 0.5) is 4.79 Å². The van der Waals surface area contributed by atoms with E-state index in [0.717, 1.165) is 18.4 Å². The van der Waals surface area contributed by atoms with Crippen LogP contribution in [0.15, 0.2) is 60.2 Å². The molecule has 2 aromatic rings. The lowest BCUT2D eigenvalue weighted by Crippen LogP contribution is -2.45. The fourth-order valence-corrected chi connectivity index (χ4v) is 3.14. The van der Waals surface area contributed by atoms with Crippen molar-refractivity contribution in [1.29, 1.82) is 0 Å². The Balaban J connectivity index is 2.11. The molecule has 0 aromatic heterocycles. The molecule has 146 valence electrons. The Morgan fingerprint density at radius 3 is 2.50 bits per heavy atom. The van der Waals surface area contributed by atoms with Crippen molar-refractivity contribution in [3.63, 3.8) is 0 Å². The number of benzene rings is 2. The monoisotopic (exact) mass is 380 g/mol. The number of hydrogen-bond donors (Lipinski definition) is 2. The molecule has 2 amide bonds. The van der Waals surface area contributed by atoms with Gasteiger partial charge in [-0.1, -0.05) is 61.9 Å². The van der Waals surface area contributed by atoms with E-state index in [-0.39, 0.29) is 6.03 Å². The molecule has 28 heavy (non-hydrogen) atoms. The van der Waals surface area contributed by atoms with Crippen LogP contribution >= 0.6 is 0 Å². The molecular formula is C22H24N2O4. The van der Waals surface area contributed by atoms with Crippen LogP contribution in [0, 0.1) is 0 Å². The minimum absolute atomic E-state index is 0.333. The maximum Gasteiger partial charge on any atom is 0.338 e. The van der Waals surface area contributed by atoms with Crippen molar-refractivity contribution < 1.29 is 19.1 Å². The molecule has 1 heterocycles. The van der Waals surface area contributed by atoms with E-state index in [0.29, 0.717) is 29.2 Å². The first-order valence-corrected chi connectivity index (χ1v) is 9.32. The predicted molar refractivity (Wildman–Crippen MR) is 107 cm³/mol. The summed E-state index contributed by atoms with van der Waals surface area (Å²) in [4.78, 5) is 25.1. The highest BCUT2D eigenvalue weighted by molar-refractivity contribution is 6.04. The van der Waals surface area contributed by atoms with Gasteiger partial charge >= 0.3 is 12.0 Å². The van der Waals surface area contributed by atoms with E-state index in [9.17, 15) is 9.59 Å². The van der Waals surface area contributed by atoms with Gasteiger partial charge in [-0.3, -0.25) is 0 Å². The first-order chi connectivity index (χ1) is 13.7. The van der Waals surface area contributed by atoms with Crippen molar-refractivity contribution in [1.82, 2.24) is 10.6 Å². The third-order valence-electron chi connectivity index (χ3n) is 4.53. The summed E-state index contributed by atoms with van der Waals surface area (Å²) in [6, 6.07) is 15.6. The third-order valence-corrected chi connectivity index (χ3v) is 4.53. The molecule has 3 rings (SSSR count). The molecule has 6 heteroatoms. The average Bonchev–Trinajstić information content (AvgIpc) is 2.74. The van der Waals surface area contributed by atoms with Gasteiger partial charge in [-0.15, -0.1) is 0 Å². The van der Waals surface area contributed by atoms with E-state index in [1.165, 1.54) is 7.11 Å². The van der Waals surface area contributed by atoms with Crippen LogP contribution in [0.5, 0.6) is 5.75 Å². The van der Waals surface area contributed by atoms with Crippen LogP contribution in [0.1, 0.15) is 36.9 Å². The predicted octanol–water partition coefficient (Wildman–Crippen LogP) is 3.80. The van der Waals surface area contributed by atoms with Gasteiger partial charge in [0.1, 0.15) is 5.75 Å². The first kappa shape index (κ1) is 19.5. The zero-order valence-corrected chi connectivity index (χ0v) is 16.0. The standard InChI is InChI=1S/C22H24N2O4/c1-3-4-14-28-17-13-9-8-12-16(17)20-18(21(25)27-2)19(23-22(26)24-20)15-10-6-5-7-11-15/h5-13,20H,3-4,14H2,1-2H3,(H2,23,24,26). The third kappa shape index (κ3) is 4.17. The van der Waals surface area contributed by atoms with Crippen molar-refractivity contribution in [2.45, 2.75) is 25.8 Å². The molecule has 0 saturated heterocycles. The number of nitrogens with one attached hydrogen (secondary N) is 2. The fourth-order valence-electron chi connectivity index (χ4n) is 3.14. The highest BCUT2D eigenvalue weighted by atomic mass is 16.5. The molecule has 1 aliphatic rings. The van der Waals surface area contributed by atoms with Crippen molar-refractivity contribution >= 4 is 17.7 Å². The largest absolute Gasteiger partial charge is 0.493 e. The fraction of sp³-hybridized carbons (Fsp3) is 0.273. The second-order valence-corrected chi connectivity index (χ2v) is 6.42. The van der Waals surface area contributed by atoms with Crippen LogP contribution < -0.4 is 15.4 Å². The van der Waals surface area contributed by atoms with E-state index in [1.807, 2.05) is 54.6 Å². The van der Waals surface area contributed by atoms with Gasteiger partial charge in [0.25, 0.3) is 0 Å². The highest BCUT2D eigenvalue weighted by Crippen LogP contribution is 2.36. The van der Waals surface area contributed by atoms with E-state index in [4.69, 9.17) is 9.47 Å². The average molecular weight is 380 g/mol. The molecule has 1 unspecified atom stereocenters. The molecule has 0 fully saturated rings. The number of rotatable bonds is 7. The van der Waals surface area contributed by atoms with Crippen molar-refractivity contribution in [2.75, 3.05) is 13.7 Å². The zero-order chi connectivity index (χ0) is 19.9. The summed E-state index contributed by atoms with van der Waals surface area (Å²) in [5.41, 5.74) is 2.21. The molecule has 0 spiro atoms. The maximum absolute atomic E-state index is 12.7. The second kappa shape index (κ2) is 9.08. The Morgan fingerprint density at radius 1 is 1.07 bits per heavy atom. The van der Waals surface area contributed by atoms with Gasteiger partial charge in [0.15, 0.2) is 0 Å². The van der Waals surface area contributed by atoms with Crippen LogP contribution in [-0.2, 0) is 9.53 Å². The summed E-state index contributed by atoms with van der Waals surface area (Å²) in [6.45, 7) is 2.65. The summed E-state index contributed by atoms with van der Waals surface area (Å²) in [5.74, 6) is 0.122. The summed E-state index contributed by atoms with van der Waals surface area (Å²) in [5, 5.41) is 5.60.